The molecule has 2 aliphatic heterocycles. The molecule has 1 amide bonds. The maximum atomic E-state index is 12.5. The number of piperidine rings is 1. The fourth-order valence-electron chi connectivity index (χ4n) is 3.23. The summed E-state index contributed by atoms with van der Waals surface area (Å²) in [4.78, 5) is 25.7. The molecule has 1 atom stereocenters. The number of aliphatic carboxylic acids is 1. The van der Waals surface area contributed by atoms with Crippen LogP contribution in [0.2, 0.25) is 0 Å². The summed E-state index contributed by atoms with van der Waals surface area (Å²) in [5.41, 5.74) is -0.943. The van der Waals surface area contributed by atoms with Crippen molar-refractivity contribution in [1.82, 2.24) is 10.2 Å². The van der Waals surface area contributed by atoms with Crippen LogP contribution < -0.4 is 5.32 Å². The molecule has 0 aromatic heterocycles. The van der Waals surface area contributed by atoms with Gasteiger partial charge in [0.05, 0.1) is 0 Å². The number of carbonyl (C=O) groups is 2. The normalized spacial score (nSPS) is 29.5. The number of carboxylic acid groups (broad SMARTS) is 1. The van der Waals surface area contributed by atoms with Gasteiger partial charge in [-0.1, -0.05) is 6.92 Å². The monoisotopic (exact) mass is 254 g/mol. The second kappa shape index (κ2) is 5.26. The van der Waals surface area contributed by atoms with Crippen molar-refractivity contribution in [3.8, 4) is 0 Å². The smallest absolute Gasteiger partial charge is 0.329 e. The van der Waals surface area contributed by atoms with Crippen LogP contribution in [0.4, 0.5) is 0 Å². The lowest BCUT2D eigenvalue weighted by Crippen LogP contribution is -2.55. The fraction of sp³-hybridized carbons (Fsp3) is 0.846. The third-order valence-corrected chi connectivity index (χ3v) is 4.43. The molecule has 0 aromatic rings. The van der Waals surface area contributed by atoms with E-state index in [0.29, 0.717) is 19.4 Å². The van der Waals surface area contributed by atoms with Crippen molar-refractivity contribution < 1.29 is 14.7 Å². The molecule has 18 heavy (non-hydrogen) atoms. The van der Waals surface area contributed by atoms with Crippen molar-refractivity contribution in [3.63, 3.8) is 0 Å². The third kappa shape index (κ3) is 2.11. The highest BCUT2D eigenvalue weighted by Crippen LogP contribution is 2.35. The van der Waals surface area contributed by atoms with E-state index in [0.717, 1.165) is 32.4 Å². The summed E-state index contributed by atoms with van der Waals surface area (Å²) < 4.78 is 0. The first-order chi connectivity index (χ1) is 8.62. The Morgan fingerprint density at radius 3 is 2.61 bits per heavy atom. The van der Waals surface area contributed by atoms with Crippen molar-refractivity contribution in [1.29, 1.82) is 0 Å². The number of hydrogen-bond acceptors (Lipinski definition) is 3. The summed E-state index contributed by atoms with van der Waals surface area (Å²) >= 11 is 0. The van der Waals surface area contributed by atoms with Crippen LogP contribution in [0.5, 0.6) is 0 Å². The lowest BCUT2D eigenvalue weighted by Gasteiger charge is -2.37. The molecule has 0 aromatic carbocycles. The van der Waals surface area contributed by atoms with Crippen LogP contribution in [0, 0.1) is 5.92 Å². The molecule has 0 radical (unpaired) electrons. The lowest BCUT2D eigenvalue weighted by molar-refractivity contribution is -0.158. The first-order valence-electron chi connectivity index (χ1n) is 6.87. The molecule has 0 saturated carbocycles. The quantitative estimate of drug-likeness (QED) is 0.783. The summed E-state index contributed by atoms with van der Waals surface area (Å²) in [5, 5.41) is 12.7. The molecule has 1 unspecified atom stereocenters. The van der Waals surface area contributed by atoms with Crippen molar-refractivity contribution in [2.24, 2.45) is 5.92 Å². The molecule has 5 nitrogen and oxygen atoms in total. The van der Waals surface area contributed by atoms with Gasteiger partial charge in [-0.2, -0.15) is 0 Å². The molecule has 2 heterocycles. The maximum absolute atomic E-state index is 12.5. The van der Waals surface area contributed by atoms with Crippen LogP contribution in [0.25, 0.3) is 0 Å². The van der Waals surface area contributed by atoms with Crippen molar-refractivity contribution in [3.05, 3.63) is 0 Å². The summed E-state index contributed by atoms with van der Waals surface area (Å²) in [6.07, 6.45) is 3.55. The second-order valence-electron chi connectivity index (χ2n) is 5.31. The molecule has 0 bridgehead atoms. The van der Waals surface area contributed by atoms with Gasteiger partial charge < -0.3 is 15.3 Å². The van der Waals surface area contributed by atoms with E-state index in [-0.39, 0.29) is 11.8 Å². The van der Waals surface area contributed by atoms with E-state index in [2.05, 4.69) is 5.32 Å². The standard InChI is InChI=1S/C13H22N2O3/c1-2-13(12(17)18)6-3-9-15(13)11(16)10-4-7-14-8-5-10/h10,14H,2-9H2,1H3,(H,17,18). The molecular formula is C13H22N2O3. The SMILES string of the molecule is CCC1(C(=O)O)CCCN1C(=O)C1CCNCC1. The number of nitrogens with zero attached hydrogens (tertiary/aromatic N) is 1. The van der Waals surface area contributed by atoms with E-state index in [9.17, 15) is 14.7 Å². The van der Waals surface area contributed by atoms with Gasteiger partial charge in [-0.25, -0.2) is 4.79 Å². The van der Waals surface area contributed by atoms with Crippen molar-refractivity contribution in [2.75, 3.05) is 19.6 Å². The van der Waals surface area contributed by atoms with Gasteiger partial charge in [0.2, 0.25) is 5.91 Å². The number of hydrogen-bond donors (Lipinski definition) is 2. The Kier molecular flexibility index (Phi) is 3.90. The molecule has 0 aliphatic carbocycles. The number of carboxylic acids is 1. The Hall–Kier alpha value is -1.10. The minimum Gasteiger partial charge on any atom is -0.479 e. The van der Waals surface area contributed by atoms with Gasteiger partial charge in [-0.05, 0) is 45.2 Å². The Morgan fingerprint density at radius 1 is 1.39 bits per heavy atom. The van der Waals surface area contributed by atoms with E-state index in [1.807, 2.05) is 6.92 Å². The van der Waals surface area contributed by atoms with Gasteiger partial charge in [0, 0.05) is 12.5 Å². The number of carbonyl (C=O) groups excluding carboxylic acids is 1. The molecule has 2 rings (SSSR count). The topological polar surface area (TPSA) is 69.6 Å². The van der Waals surface area contributed by atoms with Crippen LogP contribution in [-0.4, -0.2) is 47.1 Å². The summed E-state index contributed by atoms with van der Waals surface area (Å²) in [6.45, 7) is 4.18. The van der Waals surface area contributed by atoms with E-state index < -0.39 is 11.5 Å². The van der Waals surface area contributed by atoms with Gasteiger partial charge in [0.1, 0.15) is 5.54 Å². The van der Waals surface area contributed by atoms with Crippen LogP contribution in [-0.2, 0) is 9.59 Å². The minimum absolute atomic E-state index is 0.00891. The number of nitrogens with one attached hydrogen (secondary N) is 1. The zero-order valence-electron chi connectivity index (χ0n) is 10.9. The van der Waals surface area contributed by atoms with Gasteiger partial charge >= 0.3 is 5.97 Å². The van der Waals surface area contributed by atoms with Crippen molar-refractivity contribution in [2.45, 2.75) is 44.6 Å². The summed E-state index contributed by atoms with van der Waals surface area (Å²) in [5.74, 6) is -0.780. The molecule has 2 fully saturated rings. The zero-order valence-corrected chi connectivity index (χ0v) is 10.9. The van der Waals surface area contributed by atoms with Crippen LogP contribution >= 0.6 is 0 Å². The number of likely N-dealkylation sites (tertiary alicyclic amines) is 1. The molecule has 2 saturated heterocycles. The van der Waals surface area contributed by atoms with Crippen LogP contribution in [0.15, 0.2) is 0 Å². The third-order valence-electron chi connectivity index (χ3n) is 4.43. The van der Waals surface area contributed by atoms with Gasteiger partial charge in [0.25, 0.3) is 0 Å². The Balaban J connectivity index is 2.15. The van der Waals surface area contributed by atoms with E-state index in [1.54, 1.807) is 4.90 Å². The van der Waals surface area contributed by atoms with E-state index in [1.165, 1.54) is 0 Å². The van der Waals surface area contributed by atoms with Crippen molar-refractivity contribution >= 4 is 11.9 Å². The Labute approximate surface area is 108 Å². The summed E-state index contributed by atoms with van der Waals surface area (Å²) in [6, 6.07) is 0. The van der Waals surface area contributed by atoms with E-state index >= 15 is 0 Å². The minimum atomic E-state index is -0.943. The van der Waals surface area contributed by atoms with Crippen LogP contribution in [0.1, 0.15) is 39.0 Å². The lowest BCUT2D eigenvalue weighted by atomic mass is 9.90. The van der Waals surface area contributed by atoms with Gasteiger partial charge in [-0.3, -0.25) is 4.79 Å². The predicted molar refractivity (Wildman–Crippen MR) is 67.2 cm³/mol. The maximum Gasteiger partial charge on any atom is 0.329 e. The highest BCUT2D eigenvalue weighted by atomic mass is 16.4. The zero-order chi connectivity index (χ0) is 13.2. The molecule has 0 spiro atoms. The van der Waals surface area contributed by atoms with Crippen LogP contribution in [0.3, 0.4) is 0 Å². The first-order valence-corrected chi connectivity index (χ1v) is 6.87. The molecule has 2 aliphatic rings. The Bertz CT molecular complexity index is 339. The first kappa shape index (κ1) is 13.3. The number of amides is 1. The molecule has 5 heteroatoms. The fourth-order valence-corrected chi connectivity index (χ4v) is 3.23. The molecule has 2 N–H and O–H groups in total. The Morgan fingerprint density at radius 2 is 2.06 bits per heavy atom. The van der Waals surface area contributed by atoms with E-state index in [4.69, 9.17) is 0 Å². The van der Waals surface area contributed by atoms with Gasteiger partial charge in [0.15, 0.2) is 0 Å². The average Bonchev–Trinajstić information content (AvgIpc) is 2.84. The largest absolute Gasteiger partial charge is 0.479 e. The van der Waals surface area contributed by atoms with Gasteiger partial charge in [-0.15, -0.1) is 0 Å². The molecular weight excluding hydrogens is 232 g/mol. The number of rotatable bonds is 3. The highest BCUT2D eigenvalue weighted by molar-refractivity contribution is 5.88. The summed E-state index contributed by atoms with van der Waals surface area (Å²) in [7, 11) is 0. The highest BCUT2D eigenvalue weighted by Gasteiger charge is 2.49. The average molecular weight is 254 g/mol. The second-order valence-corrected chi connectivity index (χ2v) is 5.31. The molecule has 102 valence electrons. The predicted octanol–water partition coefficient (Wildman–Crippen LogP) is 0.842.